The van der Waals surface area contributed by atoms with Gasteiger partial charge in [-0.25, -0.2) is 0 Å². The zero-order chi connectivity index (χ0) is 12.0. The summed E-state index contributed by atoms with van der Waals surface area (Å²) in [4.78, 5) is 2.35. The second kappa shape index (κ2) is 7.10. The summed E-state index contributed by atoms with van der Waals surface area (Å²) in [6.07, 6.45) is 6.70. The summed E-state index contributed by atoms with van der Waals surface area (Å²) in [6, 6.07) is 0.446. The minimum absolute atomic E-state index is 0.446. The van der Waals surface area contributed by atoms with Crippen molar-refractivity contribution in [2.45, 2.75) is 58.9 Å². The van der Waals surface area contributed by atoms with Crippen LogP contribution in [0.1, 0.15) is 52.9 Å². The molecule has 1 unspecified atom stereocenters. The Labute approximate surface area is 106 Å². The number of nitrogens with zero attached hydrogens (tertiary/aromatic N) is 1. The van der Waals surface area contributed by atoms with Crippen LogP contribution in [0.3, 0.4) is 0 Å². The van der Waals surface area contributed by atoms with Gasteiger partial charge in [0.05, 0.1) is 0 Å². The molecule has 0 radical (unpaired) electrons. The van der Waals surface area contributed by atoms with Gasteiger partial charge in [0.15, 0.2) is 5.11 Å². The molecule has 1 saturated heterocycles. The van der Waals surface area contributed by atoms with E-state index in [-0.39, 0.29) is 0 Å². The van der Waals surface area contributed by atoms with Crippen molar-refractivity contribution in [1.82, 2.24) is 10.2 Å². The number of hydrogen-bond donors (Lipinski definition) is 1. The van der Waals surface area contributed by atoms with Crippen molar-refractivity contribution in [1.29, 1.82) is 0 Å². The monoisotopic (exact) mass is 242 g/mol. The maximum absolute atomic E-state index is 5.43. The van der Waals surface area contributed by atoms with Crippen LogP contribution in [0.25, 0.3) is 0 Å². The molecule has 0 spiro atoms. The predicted molar refractivity (Wildman–Crippen MR) is 74.7 cm³/mol. The number of hydrogen-bond acceptors (Lipinski definition) is 1. The van der Waals surface area contributed by atoms with E-state index in [1.807, 2.05) is 0 Å². The van der Waals surface area contributed by atoms with Gasteiger partial charge in [-0.1, -0.05) is 19.8 Å². The molecule has 0 aliphatic carbocycles. The van der Waals surface area contributed by atoms with Gasteiger partial charge in [-0.15, -0.1) is 0 Å². The summed E-state index contributed by atoms with van der Waals surface area (Å²) in [5.41, 5.74) is 0. The molecule has 0 amide bonds. The van der Waals surface area contributed by atoms with Crippen molar-refractivity contribution in [3.05, 3.63) is 0 Å². The number of rotatable bonds is 3. The van der Waals surface area contributed by atoms with E-state index in [0.29, 0.717) is 6.04 Å². The van der Waals surface area contributed by atoms with Crippen LogP contribution in [0, 0.1) is 5.92 Å². The average molecular weight is 242 g/mol. The standard InChI is InChI=1S/C13H26N2S/c1-4-6-12-7-5-9-15(10-8-12)13(16)14-11(2)3/h11-12H,4-10H2,1-3H3,(H,14,16). The number of likely N-dealkylation sites (tertiary alicyclic amines) is 1. The lowest BCUT2D eigenvalue weighted by molar-refractivity contribution is 0.396. The Morgan fingerprint density at radius 2 is 2.12 bits per heavy atom. The van der Waals surface area contributed by atoms with Crippen LogP contribution in [0.15, 0.2) is 0 Å². The normalized spacial score (nSPS) is 22.0. The van der Waals surface area contributed by atoms with Crippen molar-refractivity contribution < 1.29 is 0 Å². The third-order valence-corrected chi connectivity index (χ3v) is 3.62. The first-order valence-corrected chi connectivity index (χ1v) is 7.09. The first-order chi connectivity index (χ1) is 7.63. The summed E-state index contributed by atoms with van der Waals surface area (Å²) in [6.45, 7) is 8.85. The van der Waals surface area contributed by atoms with Gasteiger partial charge < -0.3 is 10.2 Å². The van der Waals surface area contributed by atoms with Gasteiger partial charge in [0.25, 0.3) is 0 Å². The molecule has 0 saturated carbocycles. The third kappa shape index (κ3) is 4.69. The lowest BCUT2D eigenvalue weighted by Gasteiger charge is -2.25. The Bertz CT molecular complexity index is 216. The molecular formula is C13H26N2S. The molecule has 3 heteroatoms. The summed E-state index contributed by atoms with van der Waals surface area (Å²) in [7, 11) is 0. The van der Waals surface area contributed by atoms with Gasteiger partial charge in [-0.2, -0.15) is 0 Å². The molecule has 1 rings (SSSR count). The molecule has 0 aromatic carbocycles. The molecule has 1 heterocycles. The van der Waals surface area contributed by atoms with Gasteiger partial charge in [0.2, 0.25) is 0 Å². The van der Waals surface area contributed by atoms with Crippen LogP contribution in [0.5, 0.6) is 0 Å². The summed E-state index contributed by atoms with van der Waals surface area (Å²) in [5, 5.41) is 4.30. The molecule has 1 atom stereocenters. The lowest BCUT2D eigenvalue weighted by atomic mass is 9.96. The van der Waals surface area contributed by atoms with Crippen LogP contribution in [0.4, 0.5) is 0 Å². The van der Waals surface area contributed by atoms with E-state index in [1.165, 1.54) is 32.1 Å². The van der Waals surface area contributed by atoms with Gasteiger partial charge in [0.1, 0.15) is 0 Å². The largest absolute Gasteiger partial charge is 0.360 e. The molecule has 1 N–H and O–H groups in total. The fraction of sp³-hybridized carbons (Fsp3) is 0.923. The van der Waals surface area contributed by atoms with Crippen molar-refractivity contribution in [3.8, 4) is 0 Å². The smallest absolute Gasteiger partial charge is 0.169 e. The first-order valence-electron chi connectivity index (χ1n) is 6.69. The van der Waals surface area contributed by atoms with Crippen LogP contribution in [-0.4, -0.2) is 29.1 Å². The molecule has 0 aromatic heterocycles. The van der Waals surface area contributed by atoms with E-state index >= 15 is 0 Å². The quantitative estimate of drug-likeness (QED) is 0.765. The van der Waals surface area contributed by atoms with E-state index in [9.17, 15) is 0 Å². The Morgan fingerprint density at radius 1 is 1.38 bits per heavy atom. The van der Waals surface area contributed by atoms with E-state index in [4.69, 9.17) is 12.2 Å². The lowest BCUT2D eigenvalue weighted by Crippen LogP contribution is -2.43. The van der Waals surface area contributed by atoms with Gasteiger partial charge in [0, 0.05) is 19.1 Å². The molecule has 1 fully saturated rings. The Hall–Kier alpha value is -0.310. The minimum Gasteiger partial charge on any atom is -0.360 e. The fourth-order valence-electron chi connectivity index (χ4n) is 2.40. The second-order valence-electron chi connectivity index (χ2n) is 5.18. The Balaban J connectivity index is 2.37. The Morgan fingerprint density at radius 3 is 2.75 bits per heavy atom. The minimum atomic E-state index is 0.446. The van der Waals surface area contributed by atoms with Crippen LogP contribution in [0.2, 0.25) is 0 Å². The molecule has 2 nitrogen and oxygen atoms in total. The first kappa shape index (κ1) is 13.8. The molecular weight excluding hydrogens is 216 g/mol. The van der Waals surface area contributed by atoms with Gasteiger partial charge in [-0.3, -0.25) is 0 Å². The maximum atomic E-state index is 5.43. The van der Waals surface area contributed by atoms with Crippen molar-refractivity contribution in [2.24, 2.45) is 5.92 Å². The predicted octanol–water partition coefficient (Wildman–Crippen LogP) is 3.17. The second-order valence-corrected chi connectivity index (χ2v) is 5.56. The fourth-order valence-corrected chi connectivity index (χ4v) is 2.82. The molecule has 0 aromatic rings. The van der Waals surface area contributed by atoms with Crippen molar-refractivity contribution >= 4 is 17.3 Å². The van der Waals surface area contributed by atoms with Crippen LogP contribution in [-0.2, 0) is 0 Å². The SMILES string of the molecule is CCCC1CCCN(C(=S)NC(C)C)CC1. The summed E-state index contributed by atoms with van der Waals surface area (Å²) in [5.74, 6) is 0.928. The van der Waals surface area contributed by atoms with Gasteiger partial charge in [-0.05, 0) is 51.2 Å². The highest BCUT2D eigenvalue weighted by Gasteiger charge is 2.18. The maximum Gasteiger partial charge on any atom is 0.169 e. The zero-order valence-electron chi connectivity index (χ0n) is 11.0. The summed E-state index contributed by atoms with van der Waals surface area (Å²) >= 11 is 5.43. The van der Waals surface area contributed by atoms with Crippen molar-refractivity contribution in [3.63, 3.8) is 0 Å². The summed E-state index contributed by atoms with van der Waals surface area (Å²) < 4.78 is 0. The number of thiocarbonyl (C=S) groups is 1. The highest BCUT2D eigenvalue weighted by atomic mass is 32.1. The average Bonchev–Trinajstić information content (AvgIpc) is 2.43. The molecule has 94 valence electrons. The molecule has 16 heavy (non-hydrogen) atoms. The van der Waals surface area contributed by atoms with Gasteiger partial charge >= 0.3 is 0 Å². The highest BCUT2D eigenvalue weighted by molar-refractivity contribution is 7.80. The van der Waals surface area contributed by atoms with Crippen LogP contribution >= 0.6 is 12.2 Å². The third-order valence-electron chi connectivity index (χ3n) is 3.24. The van der Waals surface area contributed by atoms with E-state index < -0.39 is 0 Å². The zero-order valence-corrected chi connectivity index (χ0v) is 11.8. The molecule has 1 aliphatic heterocycles. The number of nitrogens with one attached hydrogen (secondary N) is 1. The molecule has 1 aliphatic rings. The molecule has 0 bridgehead atoms. The topological polar surface area (TPSA) is 15.3 Å². The van der Waals surface area contributed by atoms with Crippen LogP contribution < -0.4 is 5.32 Å². The van der Waals surface area contributed by atoms with E-state index in [0.717, 1.165) is 24.1 Å². The van der Waals surface area contributed by atoms with E-state index in [2.05, 4.69) is 31.0 Å². The van der Waals surface area contributed by atoms with E-state index in [1.54, 1.807) is 0 Å². The Kier molecular flexibility index (Phi) is 6.10. The van der Waals surface area contributed by atoms with Crippen molar-refractivity contribution in [2.75, 3.05) is 13.1 Å². The highest BCUT2D eigenvalue weighted by Crippen LogP contribution is 2.21.